The van der Waals surface area contributed by atoms with Gasteiger partial charge in [-0.3, -0.25) is 4.99 Å². The van der Waals surface area contributed by atoms with Crippen LogP contribution in [-0.4, -0.2) is 23.5 Å². The molecule has 2 aliphatic rings. The number of rotatable bonds is 1. The van der Waals surface area contributed by atoms with Crippen molar-refractivity contribution in [3.05, 3.63) is 0 Å². The smallest absolute Gasteiger partial charge is 0.156 e. The second-order valence-electron chi connectivity index (χ2n) is 7.14. The quantitative estimate of drug-likeness (QED) is 0.772. The third-order valence-corrected chi connectivity index (χ3v) is 4.69. The molecule has 0 unspecified atom stereocenters. The summed E-state index contributed by atoms with van der Waals surface area (Å²) in [5.74, 6) is 1.23. The Morgan fingerprint density at radius 2 is 1.82 bits per heavy atom. The highest BCUT2D eigenvalue weighted by atomic mass is 32.2. The lowest BCUT2D eigenvalue weighted by atomic mass is 9.63. The Morgan fingerprint density at radius 1 is 1.18 bits per heavy atom. The number of thioether (sulfide) groups is 1. The van der Waals surface area contributed by atoms with Crippen molar-refractivity contribution < 1.29 is 0 Å². The number of nitrogens with one attached hydrogen (secondary N) is 1. The topological polar surface area (TPSA) is 24.4 Å². The average molecular weight is 254 g/mol. The molecule has 2 rings (SSSR count). The molecule has 1 heterocycles. The molecule has 0 atom stereocenters. The molecule has 98 valence electrons. The Hall–Kier alpha value is -0.180. The molecule has 1 fully saturated rings. The highest BCUT2D eigenvalue weighted by Crippen LogP contribution is 2.45. The van der Waals surface area contributed by atoms with Crippen molar-refractivity contribution in [2.45, 2.75) is 59.4 Å². The van der Waals surface area contributed by atoms with Crippen LogP contribution in [0.15, 0.2) is 4.99 Å². The molecule has 3 heteroatoms. The Labute approximate surface area is 110 Å². The molecule has 0 bridgehead atoms. The molecule has 0 spiro atoms. The summed E-state index contributed by atoms with van der Waals surface area (Å²) in [4.78, 5) is 4.59. The monoisotopic (exact) mass is 254 g/mol. The molecule has 0 amide bonds. The van der Waals surface area contributed by atoms with Crippen LogP contribution in [0.25, 0.3) is 0 Å². The van der Waals surface area contributed by atoms with E-state index in [2.05, 4.69) is 38.0 Å². The molecule has 0 saturated heterocycles. The van der Waals surface area contributed by atoms with Crippen molar-refractivity contribution in [1.82, 2.24) is 5.32 Å². The number of nitrogens with zero attached hydrogens (tertiary/aromatic N) is 1. The lowest BCUT2D eigenvalue weighted by molar-refractivity contribution is 0.0925. The normalized spacial score (nSPS) is 28.6. The van der Waals surface area contributed by atoms with Crippen molar-refractivity contribution >= 4 is 16.9 Å². The van der Waals surface area contributed by atoms with Crippen molar-refractivity contribution in [3.8, 4) is 0 Å². The molecule has 0 aromatic rings. The number of hydrogen-bond acceptors (Lipinski definition) is 3. The molecular weight excluding hydrogens is 228 g/mol. The molecule has 1 aliphatic carbocycles. The molecule has 1 aliphatic heterocycles. The van der Waals surface area contributed by atoms with E-state index in [1.54, 1.807) is 0 Å². The first kappa shape index (κ1) is 13.3. The van der Waals surface area contributed by atoms with Gasteiger partial charge in [0.25, 0.3) is 0 Å². The molecule has 0 aromatic carbocycles. The fourth-order valence-corrected chi connectivity index (χ4v) is 4.57. The van der Waals surface area contributed by atoms with Crippen LogP contribution in [0.5, 0.6) is 0 Å². The second-order valence-corrected chi connectivity index (χ2v) is 8.23. The van der Waals surface area contributed by atoms with Crippen LogP contribution < -0.4 is 5.32 Å². The van der Waals surface area contributed by atoms with Gasteiger partial charge in [0, 0.05) is 18.3 Å². The molecule has 0 aromatic heterocycles. The Kier molecular flexibility index (Phi) is 3.77. The first-order chi connectivity index (χ1) is 7.86. The molecule has 0 radical (unpaired) electrons. The van der Waals surface area contributed by atoms with E-state index in [-0.39, 0.29) is 0 Å². The summed E-state index contributed by atoms with van der Waals surface area (Å²) >= 11 is 1.90. The summed E-state index contributed by atoms with van der Waals surface area (Å²) in [6.07, 6.45) is 5.11. The van der Waals surface area contributed by atoms with E-state index in [0.29, 0.717) is 16.9 Å². The minimum atomic E-state index is 0.458. The highest BCUT2D eigenvalue weighted by molar-refractivity contribution is 8.13. The maximum atomic E-state index is 4.59. The van der Waals surface area contributed by atoms with E-state index in [9.17, 15) is 0 Å². The van der Waals surface area contributed by atoms with Gasteiger partial charge in [-0.2, -0.15) is 0 Å². The van der Waals surface area contributed by atoms with Crippen LogP contribution in [0.4, 0.5) is 0 Å². The Balaban J connectivity index is 1.98. The highest BCUT2D eigenvalue weighted by Gasteiger charge is 2.38. The van der Waals surface area contributed by atoms with E-state index in [1.807, 2.05) is 11.8 Å². The Morgan fingerprint density at radius 3 is 2.35 bits per heavy atom. The van der Waals surface area contributed by atoms with Crippen molar-refractivity contribution in [2.75, 3.05) is 12.3 Å². The summed E-state index contributed by atoms with van der Waals surface area (Å²) in [7, 11) is 0. The van der Waals surface area contributed by atoms with E-state index in [4.69, 9.17) is 0 Å². The summed E-state index contributed by atoms with van der Waals surface area (Å²) < 4.78 is 0. The zero-order valence-corrected chi connectivity index (χ0v) is 12.5. The molecular formula is C14H26N2S. The van der Waals surface area contributed by atoms with Gasteiger partial charge < -0.3 is 5.32 Å². The first-order valence-corrected chi connectivity index (χ1v) is 7.79. The molecule has 2 nitrogen and oxygen atoms in total. The SMILES string of the molecule is CC1(C)CC(NC2=NCCCS2)CC(C)(C)C1. The summed E-state index contributed by atoms with van der Waals surface area (Å²) in [5, 5.41) is 4.87. The van der Waals surface area contributed by atoms with Crippen LogP contribution in [-0.2, 0) is 0 Å². The summed E-state index contributed by atoms with van der Waals surface area (Å²) in [6, 6.07) is 0.609. The van der Waals surface area contributed by atoms with Crippen LogP contribution in [0, 0.1) is 10.8 Å². The van der Waals surface area contributed by atoms with E-state index >= 15 is 0 Å². The predicted octanol–water partition coefficient (Wildman–Crippen LogP) is 3.67. The van der Waals surface area contributed by atoms with Gasteiger partial charge in [-0.1, -0.05) is 39.5 Å². The fourth-order valence-electron chi connectivity index (χ4n) is 3.67. The van der Waals surface area contributed by atoms with Crippen LogP contribution in [0.1, 0.15) is 53.4 Å². The lowest BCUT2D eigenvalue weighted by Gasteiger charge is -2.45. The van der Waals surface area contributed by atoms with Crippen molar-refractivity contribution in [1.29, 1.82) is 0 Å². The summed E-state index contributed by atoms with van der Waals surface area (Å²) in [5.41, 5.74) is 0.915. The first-order valence-electron chi connectivity index (χ1n) is 6.80. The van der Waals surface area contributed by atoms with Gasteiger partial charge >= 0.3 is 0 Å². The lowest BCUT2D eigenvalue weighted by Crippen LogP contribution is -2.45. The summed E-state index contributed by atoms with van der Waals surface area (Å²) in [6.45, 7) is 10.6. The largest absolute Gasteiger partial charge is 0.362 e. The van der Waals surface area contributed by atoms with Gasteiger partial charge in [-0.25, -0.2) is 0 Å². The maximum Gasteiger partial charge on any atom is 0.156 e. The van der Waals surface area contributed by atoms with Gasteiger partial charge in [0.15, 0.2) is 5.17 Å². The van der Waals surface area contributed by atoms with Crippen molar-refractivity contribution in [2.24, 2.45) is 15.8 Å². The van der Waals surface area contributed by atoms with Gasteiger partial charge in [0.05, 0.1) is 0 Å². The van der Waals surface area contributed by atoms with Crippen LogP contribution in [0.2, 0.25) is 0 Å². The van der Waals surface area contributed by atoms with Crippen LogP contribution >= 0.6 is 11.8 Å². The number of aliphatic imine (C=N–C) groups is 1. The number of hydrogen-bond donors (Lipinski definition) is 1. The van der Waals surface area contributed by atoms with Gasteiger partial charge in [-0.05, 0) is 36.5 Å². The zero-order valence-electron chi connectivity index (χ0n) is 11.7. The maximum absolute atomic E-state index is 4.59. The van der Waals surface area contributed by atoms with Gasteiger partial charge in [0.2, 0.25) is 0 Å². The zero-order chi connectivity index (χ0) is 12.5. The minimum absolute atomic E-state index is 0.458. The van der Waals surface area contributed by atoms with Gasteiger partial charge in [-0.15, -0.1) is 0 Å². The second kappa shape index (κ2) is 4.83. The third kappa shape index (κ3) is 3.90. The number of amidine groups is 1. The molecule has 17 heavy (non-hydrogen) atoms. The molecule has 1 saturated carbocycles. The van der Waals surface area contributed by atoms with Crippen molar-refractivity contribution in [3.63, 3.8) is 0 Å². The van der Waals surface area contributed by atoms with E-state index in [0.717, 1.165) is 6.54 Å². The molecule has 1 N–H and O–H groups in total. The average Bonchev–Trinajstić information content (AvgIpc) is 2.13. The van der Waals surface area contributed by atoms with Crippen LogP contribution in [0.3, 0.4) is 0 Å². The fraction of sp³-hybridized carbons (Fsp3) is 0.929. The Bertz CT molecular complexity index is 291. The predicted molar refractivity (Wildman–Crippen MR) is 77.7 cm³/mol. The van der Waals surface area contributed by atoms with E-state index < -0.39 is 0 Å². The van der Waals surface area contributed by atoms with E-state index in [1.165, 1.54) is 36.6 Å². The third-order valence-electron chi connectivity index (χ3n) is 3.68. The van der Waals surface area contributed by atoms with Gasteiger partial charge in [0.1, 0.15) is 0 Å². The minimum Gasteiger partial charge on any atom is -0.362 e. The standard InChI is InChI=1S/C14H26N2S/c1-13(2)8-11(9-14(3,4)10-13)16-12-15-6-5-7-17-12/h11H,5-10H2,1-4H3,(H,15,16).